The summed E-state index contributed by atoms with van der Waals surface area (Å²) in [6.45, 7) is 1.88. The summed E-state index contributed by atoms with van der Waals surface area (Å²) in [5, 5.41) is 10.5. The van der Waals surface area contributed by atoms with Crippen molar-refractivity contribution in [2.45, 2.75) is 6.92 Å². The number of benzene rings is 2. The van der Waals surface area contributed by atoms with Crippen molar-refractivity contribution in [1.29, 1.82) is 0 Å². The van der Waals surface area contributed by atoms with Gasteiger partial charge in [-0.3, -0.25) is 10.1 Å². The number of aromatic nitrogens is 1. The summed E-state index contributed by atoms with van der Waals surface area (Å²) in [6, 6.07) is 13.9. The van der Waals surface area contributed by atoms with Crippen LogP contribution >= 0.6 is 22.9 Å². The number of carbonyl (C=O) groups excluding carboxylic acids is 2. The Kier molecular flexibility index (Phi) is 5.50. The average molecular weight is 387 g/mol. The monoisotopic (exact) mass is 386 g/mol. The predicted molar refractivity (Wildman–Crippen MR) is 105 cm³/mol. The molecule has 2 aromatic carbocycles. The molecule has 1 aromatic heterocycles. The number of thiazole rings is 1. The third-order valence-corrected chi connectivity index (χ3v) is 4.58. The Bertz CT molecular complexity index is 943. The van der Waals surface area contributed by atoms with Gasteiger partial charge in [0.25, 0.3) is 5.91 Å². The van der Waals surface area contributed by atoms with Gasteiger partial charge in [-0.05, 0) is 36.8 Å². The molecule has 1 heterocycles. The van der Waals surface area contributed by atoms with Crippen molar-refractivity contribution in [1.82, 2.24) is 4.98 Å². The van der Waals surface area contributed by atoms with Gasteiger partial charge in [0, 0.05) is 21.8 Å². The first-order chi connectivity index (χ1) is 12.5. The average Bonchev–Trinajstić information content (AvgIpc) is 3.07. The topological polar surface area (TPSA) is 83.1 Å². The van der Waals surface area contributed by atoms with Gasteiger partial charge in [-0.2, -0.15) is 0 Å². The summed E-state index contributed by atoms with van der Waals surface area (Å²) in [5.41, 5.74) is 2.38. The van der Waals surface area contributed by atoms with Crippen molar-refractivity contribution in [2.24, 2.45) is 0 Å². The van der Waals surface area contributed by atoms with Gasteiger partial charge in [0.15, 0.2) is 5.13 Å². The molecule has 0 unspecified atom stereocenters. The number of nitrogens with zero attached hydrogens (tertiary/aromatic N) is 1. The van der Waals surface area contributed by atoms with E-state index in [1.165, 1.54) is 0 Å². The SMILES string of the molecule is Cc1ccc(NC(=O)c2csc(NC(=O)Nc3ccccc3)n2)cc1Cl. The lowest BCUT2D eigenvalue weighted by Crippen LogP contribution is -2.19. The zero-order valence-corrected chi connectivity index (χ0v) is 15.3. The fraction of sp³-hybridized carbons (Fsp3) is 0.0556. The lowest BCUT2D eigenvalue weighted by Gasteiger charge is -2.05. The van der Waals surface area contributed by atoms with E-state index in [-0.39, 0.29) is 11.6 Å². The summed E-state index contributed by atoms with van der Waals surface area (Å²) >= 11 is 7.21. The maximum Gasteiger partial charge on any atom is 0.325 e. The molecule has 26 heavy (non-hydrogen) atoms. The molecule has 3 rings (SSSR count). The van der Waals surface area contributed by atoms with Gasteiger partial charge in [-0.1, -0.05) is 35.9 Å². The van der Waals surface area contributed by atoms with Gasteiger partial charge < -0.3 is 10.6 Å². The maximum absolute atomic E-state index is 12.3. The highest BCUT2D eigenvalue weighted by molar-refractivity contribution is 7.14. The Morgan fingerprint density at radius 2 is 1.77 bits per heavy atom. The third kappa shape index (κ3) is 4.59. The van der Waals surface area contributed by atoms with Crippen LogP contribution in [0.3, 0.4) is 0 Å². The van der Waals surface area contributed by atoms with E-state index >= 15 is 0 Å². The smallest absolute Gasteiger partial charge is 0.321 e. The predicted octanol–water partition coefficient (Wildman–Crippen LogP) is 5.00. The maximum atomic E-state index is 12.3. The zero-order valence-electron chi connectivity index (χ0n) is 13.7. The summed E-state index contributed by atoms with van der Waals surface area (Å²) in [6.07, 6.45) is 0. The number of aryl methyl sites for hydroxylation is 1. The normalized spacial score (nSPS) is 10.2. The number of urea groups is 1. The number of halogens is 1. The lowest BCUT2D eigenvalue weighted by molar-refractivity contribution is 0.102. The van der Waals surface area contributed by atoms with E-state index in [4.69, 9.17) is 11.6 Å². The minimum atomic E-state index is -0.428. The van der Waals surface area contributed by atoms with Crippen molar-refractivity contribution in [3.8, 4) is 0 Å². The quantitative estimate of drug-likeness (QED) is 0.589. The lowest BCUT2D eigenvalue weighted by atomic mass is 10.2. The van der Waals surface area contributed by atoms with E-state index in [0.717, 1.165) is 16.9 Å². The largest absolute Gasteiger partial charge is 0.325 e. The molecule has 0 saturated heterocycles. The molecule has 132 valence electrons. The zero-order chi connectivity index (χ0) is 18.5. The molecule has 0 atom stereocenters. The standard InChI is InChI=1S/C18H15ClN4O2S/c1-11-7-8-13(9-14(11)19)20-16(24)15-10-26-18(22-15)23-17(25)21-12-5-3-2-4-6-12/h2-10H,1H3,(H,20,24)(H2,21,22,23,25). The Labute approximate surface area is 159 Å². The highest BCUT2D eigenvalue weighted by Gasteiger charge is 2.13. The van der Waals surface area contributed by atoms with Gasteiger partial charge >= 0.3 is 6.03 Å². The number of hydrogen-bond acceptors (Lipinski definition) is 4. The van der Waals surface area contributed by atoms with E-state index < -0.39 is 6.03 Å². The fourth-order valence-electron chi connectivity index (χ4n) is 2.08. The molecule has 0 aliphatic rings. The summed E-state index contributed by atoms with van der Waals surface area (Å²) in [5.74, 6) is -0.377. The van der Waals surface area contributed by atoms with Crippen LogP contribution in [0.25, 0.3) is 0 Å². The van der Waals surface area contributed by atoms with Crippen LogP contribution in [0.4, 0.5) is 21.3 Å². The molecule has 0 fully saturated rings. The van der Waals surface area contributed by atoms with Crippen molar-refractivity contribution < 1.29 is 9.59 Å². The van der Waals surface area contributed by atoms with Gasteiger partial charge in [0.2, 0.25) is 0 Å². The molecule has 3 aromatic rings. The summed E-state index contributed by atoms with van der Waals surface area (Å²) < 4.78 is 0. The van der Waals surface area contributed by atoms with Crippen LogP contribution in [-0.4, -0.2) is 16.9 Å². The number of rotatable bonds is 4. The van der Waals surface area contributed by atoms with Crippen LogP contribution in [0.5, 0.6) is 0 Å². The fourth-order valence-corrected chi connectivity index (χ4v) is 2.95. The van der Waals surface area contributed by atoms with Crippen LogP contribution in [0, 0.1) is 6.92 Å². The van der Waals surface area contributed by atoms with E-state index in [2.05, 4.69) is 20.9 Å². The Morgan fingerprint density at radius 1 is 1.00 bits per heavy atom. The molecule has 3 N–H and O–H groups in total. The highest BCUT2D eigenvalue weighted by atomic mass is 35.5. The molecule has 0 spiro atoms. The minimum Gasteiger partial charge on any atom is -0.321 e. The van der Waals surface area contributed by atoms with Crippen molar-refractivity contribution in [2.75, 3.05) is 16.0 Å². The third-order valence-electron chi connectivity index (χ3n) is 3.42. The number of para-hydroxylation sites is 1. The van der Waals surface area contributed by atoms with Crippen LogP contribution in [0.15, 0.2) is 53.9 Å². The molecule has 6 nitrogen and oxygen atoms in total. The number of carbonyl (C=O) groups is 2. The van der Waals surface area contributed by atoms with E-state index in [1.54, 1.807) is 29.6 Å². The molecule has 8 heteroatoms. The van der Waals surface area contributed by atoms with E-state index in [0.29, 0.717) is 21.5 Å². The van der Waals surface area contributed by atoms with Gasteiger partial charge in [0.1, 0.15) is 5.69 Å². The molecule has 3 amide bonds. The van der Waals surface area contributed by atoms with Crippen molar-refractivity contribution >= 4 is 51.4 Å². The molecule has 0 radical (unpaired) electrons. The second-order valence-corrected chi connectivity index (χ2v) is 6.67. The molecular formula is C18H15ClN4O2S. The molecule has 0 aliphatic carbocycles. The second kappa shape index (κ2) is 7.99. The van der Waals surface area contributed by atoms with Gasteiger partial charge in [-0.15, -0.1) is 11.3 Å². The van der Waals surface area contributed by atoms with Crippen molar-refractivity contribution in [3.63, 3.8) is 0 Å². The Morgan fingerprint density at radius 3 is 2.50 bits per heavy atom. The Balaban J connectivity index is 1.60. The minimum absolute atomic E-state index is 0.210. The van der Waals surface area contributed by atoms with E-state index in [9.17, 15) is 9.59 Å². The number of hydrogen-bond donors (Lipinski definition) is 3. The summed E-state index contributed by atoms with van der Waals surface area (Å²) in [7, 11) is 0. The van der Waals surface area contributed by atoms with Crippen LogP contribution in [0.1, 0.15) is 16.1 Å². The van der Waals surface area contributed by atoms with Crippen LogP contribution in [0.2, 0.25) is 5.02 Å². The van der Waals surface area contributed by atoms with Crippen LogP contribution < -0.4 is 16.0 Å². The van der Waals surface area contributed by atoms with Gasteiger partial charge in [-0.25, -0.2) is 9.78 Å². The van der Waals surface area contributed by atoms with E-state index in [1.807, 2.05) is 31.2 Å². The summed E-state index contributed by atoms with van der Waals surface area (Å²) in [4.78, 5) is 28.3. The van der Waals surface area contributed by atoms with Crippen molar-refractivity contribution in [3.05, 3.63) is 70.2 Å². The molecule has 0 saturated carbocycles. The number of anilines is 3. The first-order valence-corrected chi connectivity index (χ1v) is 8.93. The number of nitrogens with one attached hydrogen (secondary N) is 3. The Hall–Kier alpha value is -2.90. The first-order valence-electron chi connectivity index (χ1n) is 7.67. The highest BCUT2D eigenvalue weighted by Crippen LogP contribution is 2.21. The van der Waals surface area contributed by atoms with Crippen LogP contribution in [-0.2, 0) is 0 Å². The first kappa shape index (κ1) is 17.9. The molecule has 0 aliphatic heterocycles. The molecule has 0 bridgehead atoms. The number of amides is 3. The van der Waals surface area contributed by atoms with Gasteiger partial charge in [0.05, 0.1) is 0 Å². The second-order valence-electron chi connectivity index (χ2n) is 5.40. The molecular weight excluding hydrogens is 372 g/mol.